The van der Waals surface area contributed by atoms with E-state index in [2.05, 4.69) is 0 Å². The normalized spacial score (nSPS) is 27.9. The molecule has 5 N–H and O–H groups in total. The molecule has 0 aliphatic carbocycles. The van der Waals surface area contributed by atoms with E-state index in [9.17, 15) is 19.2 Å². The number of esters is 1. The van der Waals surface area contributed by atoms with E-state index in [-0.39, 0.29) is 0 Å². The fraction of sp³-hybridized carbons (Fsp3) is 0.800. The predicted octanol–water partition coefficient (Wildman–Crippen LogP) is 0.750. The van der Waals surface area contributed by atoms with Gasteiger partial charge in [-0.3, -0.25) is 14.4 Å². The summed E-state index contributed by atoms with van der Waals surface area (Å²) in [6, 6.07) is 0. The van der Waals surface area contributed by atoms with Gasteiger partial charge in [0.15, 0.2) is 0 Å². The minimum atomic E-state index is -3.52. The quantitative estimate of drug-likeness (QED) is 0.443. The van der Waals surface area contributed by atoms with Gasteiger partial charge in [0.05, 0.1) is 5.54 Å². The van der Waals surface area contributed by atoms with Gasteiger partial charge in [-0.1, -0.05) is 0 Å². The Morgan fingerprint density at radius 3 is 1.41 bits per heavy atom. The molecule has 0 radical (unpaired) electrons. The number of hydrogen-bond donors (Lipinski definition) is 4. The molecule has 4 atom stereocenters. The highest BCUT2D eigenvalue weighted by atomic mass is 16.6. The van der Waals surface area contributed by atoms with Gasteiger partial charge in [0, 0.05) is 16.4 Å². The Morgan fingerprint density at radius 1 is 0.690 bits per heavy atom. The molecule has 0 fully saturated rings. The Morgan fingerprint density at radius 2 is 1.07 bits per heavy atom. The van der Waals surface area contributed by atoms with Gasteiger partial charge >= 0.3 is 5.97 Å². The first-order chi connectivity index (χ1) is 17.5. The Kier molecular flexibility index (Phi) is 3.58. The average molecular weight is 427 g/mol. The molecule has 0 saturated carbocycles. The smallest absolute Gasteiger partial charge is 0.331 e. The second-order valence-electron chi connectivity index (χ2n) is 8.44. The van der Waals surface area contributed by atoms with Gasteiger partial charge < -0.3 is 26.4 Å². The number of rotatable bonds is 7. The average Bonchev–Trinajstić information content (AvgIpc) is 2.68. The fourth-order valence-corrected chi connectivity index (χ4v) is 1.61. The second kappa shape index (κ2) is 8.30. The Bertz CT molecular complexity index is 1050. The molecule has 9 nitrogen and oxygen atoms in total. The summed E-state index contributed by atoms with van der Waals surface area (Å²) in [5, 5.41) is 5.27. The lowest BCUT2D eigenvalue weighted by atomic mass is 9.95. The number of amides is 3. The van der Waals surface area contributed by atoms with Gasteiger partial charge in [0.25, 0.3) is 0 Å². The predicted molar refractivity (Wildman–Crippen MR) is 111 cm³/mol. The van der Waals surface area contributed by atoms with E-state index in [0.29, 0.717) is 13.8 Å². The highest BCUT2D eigenvalue weighted by Gasteiger charge is 2.42. The van der Waals surface area contributed by atoms with E-state index in [1.807, 2.05) is 5.32 Å². The Balaban J connectivity index is 6.82. The van der Waals surface area contributed by atoms with Crippen molar-refractivity contribution in [3.05, 3.63) is 0 Å². The molecule has 0 bridgehead atoms. The number of ether oxygens (including phenoxy) is 1. The van der Waals surface area contributed by atoms with Gasteiger partial charge in [-0.05, 0) is 75.9 Å². The molecule has 0 aliphatic rings. The molecule has 3 amide bonds. The van der Waals surface area contributed by atoms with Crippen LogP contribution in [-0.2, 0) is 23.9 Å². The zero-order valence-corrected chi connectivity index (χ0v) is 17.6. The van der Waals surface area contributed by atoms with E-state index in [4.69, 9.17) is 26.9 Å². The summed E-state index contributed by atoms with van der Waals surface area (Å²) >= 11 is 0. The van der Waals surface area contributed by atoms with Crippen LogP contribution in [0.3, 0.4) is 0 Å². The van der Waals surface area contributed by atoms with Crippen LogP contribution in [0, 0.1) is 0 Å². The van der Waals surface area contributed by atoms with E-state index < -0.39 is 78.9 Å². The fourth-order valence-electron chi connectivity index (χ4n) is 1.61. The van der Waals surface area contributed by atoms with E-state index in [1.165, 1.54) is 20.8 Å². The second-order valence-corrected chi connectivity index (χ2v) is 8.44. The number of nitrogens with two attached hydrogens (primary N) is 1. The van der Waals surface area contributed by atoms with Gasteiger partial charge in [-0.25, -0.2) is 4.79 Å². The van der Waals surface area contributed by atoms with Crippen molar-refractivity contribution in [3.8, 4) is 0 Å². The van der Waals surface area contributed by atoms with Gasteiger partial charge in [-0.2, -0.15) is 0 Å². The Labute approximate surface area is 190 Å². The summed E-state index contributed by atoms with van der Waals surface area (Å²) < 4.78 is 97.9. The third kappa shape index (κ3) is 8.39. The van der Waals surface area contributed by atoms with E-state index in [1.54, 1.807) is 10.6 Å². The number of hydrogen-bond acceptors (Lipinski definition) is 6. The van der Waals surface area contributed by atoms with Crippen LogP contribution in [0.2, 0.25) is 0 Å². The first-order valence-corrected chi connectivity index (χ1v) is 8.51. The van der Waals surface area contributed by atoms with Crippen molar-refractivity contribution >= 4 is 23.7 Å². The van der Waals surface area contributed by atoms with Gasteiger partial charge in [-0.15, -0.1) is 0 Å². The zero-order chi connectivity index (χ0) is 33.6. The van der Waals surface area contributed by atoms with Crippen LogP contribution < -0.4 is 21.7 Å². The summed E-state index contributed by atoms with van der Waals surface area (Å²) in [4.78, 5) is 52.4. The third-order valence-corrected chi connectivity index (χ3v) is 3.28. The van der Waals surface area contributed by atoms with Crippen LogP contribution in [0.25, 0.3) is 0 Å². The molecule has 0 aromatic heterocycles. The molecule has 0 aromatic carbocycles. The van der Waals surface area contributed by atoms with E-state index in [0.717, 1.165) is 13.8 Å². The molecule has 0 saturated heterocycles. The van der Waals surface area contributed by atoms with Crippen molar-refractivity contribution < 1.29 is 40.4 Å². The van der Waals surface area contributed by atoms with Crippen molar-refractivity contribution in [2.75, 3.05) is 0 Å². The maximum absolute atomic E-state index is 13.4. The lowest BCUT2D eigenvalue weighted by Gasteiger charge is -2.35. The summed E-state index contributed by atoms with van der Waals surface area (Å²) in [5.41, 5.74) is -7.41. The molecule has 168 valence electrons. The molecular weight excluding hydrogens is 376 g/mol. The minimum Gasteiger partial charge on any atom is -0.458 e. The summed E-state index contributed by atoms with van der Waals surface area (Å²) in [5.74, 6) is -6.63. The molecule has 0 aromatic rings. The van der Waals surface area contributed by atoms with Gasteiger partial charge in [0.1, 0.15) is 22.2 Å². The SMILES string of the molecule is [2H]C([2H])([2H])[C@](C)(N)C(=O)N[C@](C)(C(=O)N[C@](C)(C(=O)N[C@](C)(C(=O)OC(C)(C)C)C([2H])([2H])[2H])C([2H])([2H])[2H])C([2H])([2H])[2H]. The van der Waals surface area contributed by atoms with Crippen molar-refractivity contribution in [2.24, 2.45) is 5.73 Å². The first-order valence-electron chi connectivity index (χ1n) is 14.5. The molecule has 0 heterocycles. The van der Waals surface area contributed by atoms with Crippen LogP contribution in [-0.4, -0.2) is 51.4 Å². The standard InChI is InChI=1S/C20H38N4O5/c1-16(2,3)29-15(28)20(10,11)24-14(27)19(8,9)23-13(26)18(6,7)22-12(25)17(4,5)21/h21H2,1-11H3,(H,22,25)(H,23,26)(H,24,27)/i4D3,6D3,8D3,10D3/t17-,18-,19-,20-/m1/s1. The molecule has 0 unspecified atom stereocenters. The largest absolute Gasteiger partial charge is 0.458 e. The van der Waals surface area contributed by atoms with Crippen molar-refractivity contribution in [3.63, 3.8) is 0 Å². The molecule has 9 heteroatoms. The van der Waals surface area contributed by atoms with Crippen LogP contribution in [0.5, 0.6) is 0 Å². The third-order valence-electron chi connectivity index (χ3n) is 3.28. The number of carbonyl (C=O) groups is 4. The zero-order valence-electron chi connectivity index (χ0n) is 29.6. The van der Waals surface area contributed by atoms with Gasteiger partial charge in [0.2, 0.25) is 17.7 Å². The summed E-state index contributed by atoms with van der Waals surface area (Å²) in [6.07, 6.45) is 0. The number of carbonyl (C=O) groups excluding carboxylic acids is 4. The molecule has 29 heavy (non-hydrogen) atoms. The van der Waals surface area contributed by atoms with E-state index >= 15 is 0 Å². The van der Waals surface area contributed by atoms with Crippen LogP contribution in [0.15, 0.2) is 0 Å². The lowest BCUT2D eigenvalue weighted by molar-refractivity contribution is -0.163. The first kappa shape index (κ1) is 12.5. The highest BCUT2D eigenvalue weighted by Crippen LogP contribution is 2.16. The molecule has 0 spiro atoms. The van der Waals surface area contributed by atoms with Crippen molar-refractivity contribution in [1.82, 2.24) is 16.0 Å². The van der Waals surface area contributed by atoms with Crippen LogP contribution in [0.4, 0.5) is 0 Å². The topological polar surface area (TPSA) is 140 Å². The monoisotopic (exact) mass is 426 g/mol. The molecule has 0 aliphatic heterocycles. The van der Waals surface area contributed by atoms with Crippen LogP contribution >= 0.6 is 0 Å². The summed E-state index contributed by atoms with van der Waals surface area (Å²) in [6.45, 7) is -6.54. The maximum atomic E-state index is 13.4. The van der Waals surface area contributed by atoms with Crippen molar-refractivity contribution in [1.29, 1.82) is 0 Å². The molecular formula is C20H38N4O5. The Hall–Kier alpha value is -2.16. The van der Waals surface area contributed by atoms with Crippen molar-refractivity contribution in [2.45, 2.75) is 104 Å². The maximum Gasteiger partial charge on any atom is 0.331 e. The number of nitrogens with one attached hydrogen (secondary N) is 3. The minimum absolute atomic E-state index is 0.611. The highest BCUT2D eigenvalue weighted by molar-refractivity contribution is 5.98. The molecule has 0 rings (SSSR count). The van der Waals surface area contributed by atoms with Crippen LogP contribution in [0.1, 0.15) is 92.3 Å². The summed E-state index contributed by atoms with van der Waals surface area (Å²) in [7, 11) is 0. The lowest BCUT2D eigenvalue weighted by Crippen LogP contribution is -2.66.